The quantitative estimate of drug-likeness (QED) is 0.735. The molecule has 0 aromatic carbocycles. The van der Waals surface area contributed by atoms with E-state index in [2.05, 4.69) is 9.97 Å². The van der Waals surface area contributed by atoms with Gasteiger partial charge in [0, 0.05) is 5.69 Å². The number of halogens is 4. The molecule has 20 heavy (non-hydrogen) atoms. The molecule has 0 atom stereocenters. The highest BCUT2D eigenvalue weighted by molar-refractivity contribution is 7.99. The number of hydrogen-bond donors (Lipinski definition) is 0. The van der Waals surface area contributed by atoms with Gasteiger partial charge in [-0.2, -0.15) is 13.2 Å². The fourth-order valence-corrected chi connectivity index (χ4v) is 2.89. The monoisotopic (exact) mass is 318 g/mol. The van der Waals surface area contributed by atoms with Crippen molar-refractivity contribution in [1.82, 2.24) is 9.97 Å². The lowest BCUT2D eigenvalue weighted by Crippen LogP contribution is -2.05. The molecule has 0 aliphatic rings. The summed E-state index contributed by atoms with van der Waals surface area (Å²) in [6.45, 7) is 3.72. The van der Waals surface area contributed by atoms with Gasteiger partial charge in [0.05, 0.1) is 5.56 Å². The maximum absolute atomic E-state index is 12.7. The molecule has 2 nitrogen and oxygen atoms in total. The molecule has 0 fully saturated rings. The van der Waals surface area contributed by atoms with E-state index in [1.54, 1.807) is 6.07 Å². The number of aryl methyl sites for hydroxylation is 2. The van der Waals surface area contributed by atoms with Gasteiger partial charge >= 0.3 is 6.18 Å². The topological polar surface area (TPSA) is 25.8 Å². The van der Waals surface area contributed by atoms with Gasteiger partial charge in [0.15, 0.2) is 0 Å². The zero-order valence-corrected chi connectivity index (χ0v) is 12.2. The number of nitrogens with zero attached hydrogens (tertiary/aromatic N) is 2. The van der Waals surface area contributed by atoms with Crippen LogP contribution in [-0.2, 0) is 6.18 Å². The van der Waals surface area contributed by atoms with Crippen molar-refractivity contribution in [2.75, 3.05) is 0 Å². The second kappa shape index (κ2) is 5.61. The minimum absolute atomic E-state index is 0.169. The fourth-order valence-electron chi connectivity index (χ4n) is 1.65. The minimum Gasteiger partial charge on any atom is -0.246 e. The molecular formula is C13H10ClF3N2S. The summed E-state index contributed by atoms with van der Waals surface area (Å²) < 4.78 is 38.1. The summed E-state index contributed by atoms with van der Waals surface area (Å²) in [5.74, 6) is 0. The van der Waals surface area contributed by atoms with Crippen molar-refractivity contribution in [3.8, 4) is 0 Å². The lowest BCUT2D eigenvalue weighted by atomic mass is 10.2. The van der Waals surface area contributed by atoms with Crippen molar-refractivity contribution in [3.63, 3.8) is 0 Å². The van der Waals surface area contributed by atoms with Crippen molar-refractivity contribution in [2.24, 2.45) is 0 Å². The van der Waals surface area contributed by atoms with Gasteiger partial charge in [-0.1, -0.05) is 23.4 Å². The van der Waals surface area contributed by atoms with E-state index in [4.69, 9.17) is 11.6 Å². The molecule has 0 N–H and O–H groups in total. The van der Waals surface area contributed by atoms with Gasteiger partial charge < -0.3 is 0 Å². The Balaban J connectivity index is 2.36. The van der Waals surface area contributed by atoms with E-state index in [1.807, 2.05) is 19.9 Å². The van der Waals surface area contributed by atoms with Crippen LogP contribution in [0.15, 0.2) is 34.3 Å². The molecule has 2 heterocycles. The zero-order valence-electron chi connectivity index (χ0n) is 10.6. The first-order chi connectivity index (χ1) is 9.24. The fraction of sp³-hybridized carbons (Fsp3) is 0.231. The Morgan fingerprint density at radius 1 is 1.00 bits per heavy atom. The Kier molecular flexibility index (Phi) is 4.25. The van der Waals surface area contributed by atoms with Crippen molar-refractivity contribution >= 4 is 23.4 Å². The highest BCUT2D eigenvalue weighted by Crippen LogP contribution is 2.34. The van der Waals surface area contributed by atoms with Gasteiger partial charge in [-0.05, 0) is 43.7 Å². The SMILES string of the molecule is Cc1cc(C)nc(Sc2cc(C(F)(F)F)cc(Cl)n2)c1. The molecule has 0 saturated heterocycles. The third kappa shape index (κ3) is 3.86. The first-order valence-corrected chi connectivity index (χ1v) is 6.81. The van der Waals surface area contributed by atoms with Gasteiger partial charge in [0.2, 0.25) is 0 Å². The number of rotatable bonds is 2. The summed E-state index contributed by atoms with van der Waals surface area (Å²) in [6, 6.07) is 5.44. The van der Waals surface area contributed by atoms with E-state index in [0.717, 1.165) is 35.2 Å². The molecule has 0 bridgehead atoms. The van der Waals surface area contributed by atoms with Crippen LogP contribution < -0.4 is 0 Å². The Morgan fingerprint density at radius 3 is 2.25 bits per heavy atom. The average Bonchev–Trinajstić information content (AvgIpc) is 2.25. The van der Waals surface area contributed by atoms with E-state index in [1.165, 1.54) is 0 Å². The van der Waals surface area contributed by atoms with Crippen molar-refractivity contribution in [1.29, 1.82) is 0 Å². The van der Waals surface area contributed by atoms with Crippen LogP contribution in [0, 0.1) is 13.8 Å². The number of aromatic nitrogens is 2. The van der Waals surface area contributed by atoms with Gasteiger partial charge in [-0.15, -0.1) is 0 Å². The van der Waals surface area contributed by atoms with Crippen LogP contribution in [-0.4, -0.2) is 9.97 Å². The van der Waals surface area contributed by atoms with E-state index in [0.29, 0.717) is 5.03 Å². The molecule has 0 amide bonds. The van der Waals surface area contributed by atoms with Crippen molar-refractivity contribution in [3.05, 3.63) is 46.2 Å². The van der Waals surface area contributed by atoms with E-state index in [-0.39, 0.29) is 10.2 Å². The Hall–Kier alpha value is -1.27. The number of pyridine rings is 2. The summed E-state index contributed by atoms with van der Waals surface area (Å²) in [5.41, 5.74) is 0.966. The van der Waals surface area contributed by atoms with Crippen LogP contribution in [0.3, 0.4) is 0 Å². The molecular weight excluding hydrogens is 309 g/mol. The molecule has 7 heteroatoms. The zero-order chi connectivity index (χ0) is 14.9. The average molecular weight is 319 g/mol. The standard InChI is InChI=1S/C13H10ClF3N2S/c1-7-3-8(2)18-11(4-7)20-12-6-9(13(15,16)17)5-10(14)19-12/h3-6H,1-2H3. The molecule has 0 unspecified atom stereocenters. The molecule has 0 spiro atoms. The summed E-state index contributed by atoms with van der Waals surface area (Å²) in [7, 11) is 0. The first-order valence-electron chi connectivity index (χ1n) is 5.62. The third-order valence-electron chi connectivity index (χ3n) is 2.38. The third-order valence-corrected chi connectivity index (χ3v) is 3.41. The van der Waals surface area contributed by atoms with Crippen LogP contribution >= 0.6 is 23.4 Å². The molecule has 0 saturated carbocycles. The largest absolute Gasteiger partial charge is 0.416 e. The number of alkyl halides is 3. The highest BCUT2D eigenvalue weighted by Gasteiger charge is 2.31. The summed E-state index contributed by atoms with van der Waals surface area (Å²) >= 11 is 6.69. The molecule has 0 aliphatic carbocycles. The predicted molar refractivity (Wildman–Crippen MR) is 72.1 cm³/mol. The molecule has 2 aromatic heterocycles. The van der Waals surface area contributed by atoms with Gasteiger partial charge in [0.25, 0.3) is 0 Å². The van der Waals surface area contributed by atoms with Crippen LogP contribution in [0.4, 0.5) is 13.2 Å². The molecule has 0 aliphatic heterocycles. The smallest absolute Gasteiger partial charge is 0.246 e. The lowest BCUT2D eigenvalue weighted by molar-refractivity contribution is -0.137. The second-order valence-corrected chi connectivity index (χ2v) is 5.67. The highest BCUT2D eigenvalue weighted by atomic mass is 35.5. The summed E-state index contributed by atoms with van der Waals surface area (Å²) in [4.78, 5) is 8.14. The van der Waals surface area contributed by atoms with Crippen LogP contribution in [0.25, 0.3) is 0 Å². The Labute approximate surface area is 123 Å². The van der Waals surface area contributed by atoms with Gasteiger partial charge in [0.1, 0.15) is 15.2 Å². The minimum atomic E-state index is -4.45. The Bertz CT molecular complexity index is 624. The predicted octanol–water partition coefficient (Wildman–Crippen LogP) is 4.92. The molecule has 106 valence electrons. The van der Waals surface area contributed by atoms with Crippen molar-refractivity contribution in [2.45, 2.75) is 30.1 Å². The maximum Gasteiger partial charge on any atom is 0.416 e. The van der Waals surface area contributed by atoms with Gasteiger partial charge in [-0.3, -0.25) is 0 Å². The lowest BCUT2D eigenvalue weighted by Gasteiger charge is -2.09. The summed E-state index contributed by atoms with van der Waals surface area (Å²) in [6.07, 6.45) is -4.45. The second-order valence-electron chi connectivity index (χ2n) is 4.24. The van der Waals surface area contributed by atoms with Crippen LogP contribution in [0.1, 0.15) is 16.8 Å². The van der Waals surface area contributed by atoms with Crippen LogP contribution in [0.2, 0.25) is 5.15 Å². The number of hydrogen-bond acceptors (Lipinski definition) is 3. The maximum atomic E-state index is 12.7. The van der Waals surface area contributed by atoms with Crippen LogP contribution in [0.5, 0.6) is 0 Å². The molecule has 2 aromatic rings. The van der Waals surface area contributed by atoms with E-state index in [9.17, 15) is 13.2 Å². The van der Waals surface area contributed by atoms with E-state index >= 15 is 0 Å². The van der Waals surface area contributed by atoms with Gasteiger partial charge in [-0.25, -0.2) is 9.97 Å². The first kappa shape index (κ1) is 15.1. The van der Waals surface area contributed by atoms with E-state index < -0.39 is 11.7 Å². The Morgan fingerprint density at radius 2 is 1.65 bits per heavy atom. The molecule has 2 rings (SSSR count). The summed E-state index contributed by atoms with van der Waals surface area (Å²) in [5, 5.41) is 0.569. The molecule has 0 radical (unpaired) electrons. The van der Waals surface area contributed by atoms with Crippen molar-refractivity contribution < 1.29 is 13.2 Å². The normalized spacial score (nSPS) is 11.7.